The molecule has 2 aromatic carbocycles. The van der Waals surface area contributed by atoms with E-state index in [1.165, 1.54) is 6.92 Å². The third kappa shape index (κ3) is 3.94. The van der Waals surface area contributed by atoms with Crippen molar-refractivity contribution < 1.29 is 14.7 Å². The largest absolute Gasteiger partial charge is 0.481 e. The number of carboxylic acids is 1. The molecule has 0 spiro atoms. The maximum atomic E-state index is 13.0. The topological polar surface area (TPSA) is 101 Å². The van der Waals surface area contributed by atoms with Crippen molar-refractivity contribution in [3.8, 4) is 0 Å². The van der Waals surface area contributed by atoms with Gasteiger partial charge in [0, 0.05) is 27.8 Å². The number of hydrogen-bond donors (Lipinski definition) is 2. The smallest absolute Gasteiger partial charge is 0.315 e. The Labute approximate surface area is 186 Å². The Morgan fingerprint density at radius 3 is 2.61 bits per heavy atom. The summed E-state index contributed by atoms with van der Waals surface area (Å²) in [5.74, 6) is -2.57. The molecule has 0 fully saturated rings. The number of benzene rings is 2. The monoisotopic (exact) mass is 457 g/mol. The second-order valence-electron chi connectivity index (χ2n) is 7.23. The molecule has 0 saturated heterocycles. The predicted molar refractivity (Wildman–Crippen MR) is 120 cm³/mol. The average molecular weight is 458 g/mol. The van der Waals surface area contributed by atoms with Crippen LogP contribution in [0.4, 0.5) is 5.69 Å². The van der Waals surface area contributed by atoms with Gasteiger partial charge in [-0.25, -0.2) is 4.98 Å². The lowest BCUT2D eigenvalue weighted by atomic mass is 10.1. The molecule has 9 heteroatoms. The maximum absolute atomic E-state index is 13.0. The van der Waals surface area contributed by atoms with E-state index in [0.29, 0.717) is 51.0 Å². The summed E-state index contributed by atoms with van der Waals surface area (Å²) in [4.78, 5) is 40.7. The van der Waals surface area contributed by atoms with Gasteiger partial charge in [-0.1, -0.05) is 29.3 Å². The van der Waals surface area contributed by atoms with Crippen LogP contribution in [-0.4, -0.2) is 26.5 Å². The molecule has 0 radical (unpaired) electrons. The molecule has 7 nitrogen and oxygen atoms in total. The fourth-order valence-electron chi connectivity index (χ4n) is 3.42. The SMILES string of the molecule is CC(C(=O)O)C(=O)Nc1ccc2c(=O)n3c(nc2c1)C(=Cc1c(Cl)cccc1Cl)CC3. The highest BCUT2D eigenvalue weighted by Crippen LogP contribution is 2.33. The van der Waals surface area contributed by atoms with Crippen LogP contribution in [0.1, 0.15) is 24.7 Å². The van der Waals surface area contributed by atoms with Crippen LogP contribution in [0.15, 0.2) is 41.2 Å². The normalized spacial score (nSPS) is 15.1. The molecule has 0 saturated carbocycles. The Morgan fingerprint density at radius 1 is 1.23 bits per heavy atom. The van der Waals surface area contributed by atoms with Crippen LogP contribution in [0.3, 0.4) is 0 Å². The van der Waals surface area contributed by atoms with Crippen molar-refractivity contribution in [2.24, 2.45) is 5.92 Å². The number of amides is 1. The van der Waals surface area contributed by atoms with Gasteiger partial charge >= 0.3 is 5.97 Å². The zero-order chi connectivity index (χ0) is 22.3. The number of anilines is 1. The van der Waals surface area contributed by atoms with E-state index in [1.807, 2.05) is 6.08 Å². The fourth-order valence-corrected chi connectivity index (χ4v) is 3.92. The molecule has 1 aliphatic heterocycles. The molecule has 1 unspecified atom stereocenters. The molecule has 158 valence electrons. The van der Waals surface area contributed by atoms with Crippen molar-refractivity contribution in [3.05, 3.63) is 68.2 Å². The van der Waals surface area contributed by atoms with E-state index in [0.717, 1.165) is 5.57 Å². The molecule has 1 aromatic heterocycles. The van der Waals surface area contributed by atoms with Gasteiger partial charge in [0.15, 0.2) is 0 Å². The van der Waals surface area contributed by atoms with E-state index in [2.05, 4.69) is 10.3 Å². The number of allylic oxidation sites excluding steroid dienone is 1. The number of nitrogens with one attached hydrogen (secondary N) is 1. The van der Waals surface area contributed by atoms with Crippen LogP contribution in [0, 0.1) is 5.92 Å². The number of aliphatic carboxylic acids is 1. The van der Waals surface area contributed by atoms with Gasteiger partial charge in [0.2, 0.25) is 5.91 Å². The van der Waals surface area contributed by atoms with Crippen molar-refractivity contribution in [1.82, 2.24) is 9.55 Å². The van der Waals surface area contributed by atoms with Crippen molar-refractivity contribution in [2.75, 3.05) is 5.32 Å². The quantitative estimate of drug-likeness (QED) is 0.568. The molecule has 0 bridgehead atoms. The molecular formula is C22H17Cl2N3O4. The minimum absolute atomic E-state index is 0.189. The summed E-state index contributed by atoms with van der Waals surface area (Å²) < 4.78 is 1.60. The van der Waals surface area contributed by atoms with Crippen molar-refractivity contribution >= 4 is 63.3 Å². The number of carbonyl (C=O) groups is 2. The van der Waals surface area contributed by atoms with Crippen LogP contribution >= 0.6 is 23.2 Å². The second-order valence-corrected chi connectivity index (χ2v) is 8.04. The van der Waals surface area contributed by atoms with Crippen LogP contribution < -0.4 is 10.9 Å². The number of fused-ring (bicyclic) bond motifs is 2. The number of carbonyl (C=O) groups excluding carboxylic acids is 1. The molecule has 2 heterocycles. The van der Waals surface area contributed by atoms with Crippen molar-refractivity contribution in [1.29, 1.82) is 0 Å². The molecule has 1 atom stereocenters. The number of rotatable bonds is 4. The van der Waals surface area contributed by atoms with Crippen molar-refractivity contribution in [2.45, 2.75) is 19.9 Å². The van der Waals surface area contributed by atoms with Crippen molar-refractivity contribution in [3.63, 3.8) is 0 Å². The third-order valence-electron chi connectivity index (χ3n) is 5.20. The number of nitrogens with zero attached hydrogens (tertiary/aromatic N) is 2. The van der Waals surface area contributed by atoms with E-state index in [4.69, 9.17) is 28.3 Å². The van der Waals surface area contributed by atoms with Crippen LogP contribution in [-0.2, 0) is 16.1 Å². The Morgan fingerprint density at radius 2 is 1.94 bits per heavy atom. The molecule has 1 amide bonds. The van der Waals surface area contributed by atoms with E-state index in [-0.39, 0.29) is 5.56 Å². The lowest BCUT2D eigenvalue weighted by Gasteiger charge is -2.10. The predicted octanol–water partition coefficient (Wildman–Crippen LogP) is 4.31. The minimum Gasteiger partial charge on any atom is -0.481 e. The van der Waals surface area contributed by atoms with Gasteiger partial charge < -0.3 is 10.4 Å². The fraction of sp³-hybridized carbons (Fsp3) is 0.182. The van der Waals surface area contributed by atoms with E-state index < -0.39 is 17.8 Å². The molecule has 0 aliphatic carbocycles. The Kier molecular flexibility index (Phi) is 5.56. The highest BCUT2D eigenvalue weighted by molar-refractivity contribution is 6.37. The summed E-state index contributed by atoms with van der Waals surface area (Å²) >= 11 is 12.6. The summed E-state index contributed by atoms with van der Waals surface area (Å²) in [6, 6.07) is 9.92. The van der Waals surface area contributed by atoms with Gasteiger partial charge in [-0.3, -0.25) is 19.0 Å². The first kappa shape index (κ1) is 21.1. The summed E-state index contributed by atoms with van der Waals surface area (Å²) in [6.07, 6.45) is 2.43. The highest BCUT2D eigenvalue weighted by atomic mass is 35.5. The first-order valence-electron chi connectivity index (χ1n) is 9.49. The number of aromatic nitrogens is 2. The summed E-state index contributed by atoms with van der Waals surface area (Å²) in [5.41, 5.74) is 2.05. The Hall–Kier alpha value is -3.16. The summed E-state index contributed by atoms with van der Waals surface area (Å²) in [7, 11) is 0. The molecule has 3 aromatic rings. The van der Waals surface area contributed by atoms with Gasteiger partial charge in [0.1, 0.15) is 11.7 Å². The van der Waals surface area contributed by atoms with Gasteiger partial charge in [-0.2, -0.15) is 0 Å². The van der Waals surface area contributed by atoms with Crippen LogP contribution in [0.25, 0.3) is 22.6 Å². The van der Waals surface area contributed by atoms with E-state index in [9.17, 15) is 14.4 Å². The second kappa shape index (κ2) is 8.17. The summed E-state index contributed by atoms with van der Waals surface area (Å²) in [6.45, 7) is 1.78. The maximum Gasteiger partial charge on any atom is 0.315 e. The van der Waals surface area contributed by atoms with Crippen LogP contribution in [0.5, 0.6) is 0 Å². The molecule has 31 heavy (non-hydrogen) atoms. The molecular weight excluding hydrogens is 441 g/mol. The van der Waals surface area contributed by atoms with Gasteiger partial charge in [0.05, 0.1) is 10.9 Å². The number of hydrogen-bond acceptors (Lipinski definition) is 4. The first-order chi connectivity index (χ1) is 14.8. The number of halogens is 2. The van der Waals surface area contributed by atoms with E-state index >= 15 is 0 Å². The van der Waals surface area contributed by atoms with Crippen LogP contribution in [0.2, 0.25) is 10.0 Å². The van der Waals surface area contributed by atoms with Gasteiger partial charge in [-0.15, -0.1) is 0 Å². The third-order valence-corrected chi connectivity index (χ3v) is 5.86. The number of carboxylic acid groups (broad SMARTS) is 1. The molecule has 4 rings (SSSR count). The summed E-state index contributed by atoms with van der Waals surface area (Å²) in [5, 5.41) is 12.9. The Balaban J connectivity index is 1.77. The van der Waals surface area contributed by atoms with Gasteiger partial charge in [0.25, 0.3) is 5.56 Å². The average Bonchev–Trinajstić information content (AvgIpc) is 3.13. The molecule has 2 N–H and O–H groups in total. The zero-order valence-corrected chi connectivity index (χ0v) is 17.9. The minimum atomic E-state index is -1.22. The standard InChI is InChI=1S/C22H17Cl2N3O4/c1-11(22(30)31)20(28)25-13-5-6-14-18(10-13)26-19-12(7-8-27(19)21(14)29)9-15-16(23)3-2-4-17(15)24/h2-6,9-11H,7-8H2,1H3,(H,25,28)(H,30,31). The molecule has 1 aliphatic rings. The van der Waals surface area contributed by atoms with E-state index in [1.54, 1.807) is 41.0 Å². The first-order valence-corrected chi connectivity index (χ1v) is 10.2. The van der Waals surface area contributed by atoms with Gasteiger partial charge in [-0.05, 0) is 55.3 Å². The Bertz CT molecular complexity index is 1310. The zero-order valence-electron chi connectivity index (χ0n) is 16.4. The highest BCUT2D eigenvalue weighted by Gasteiger charge is 2.23. The lowest BCUT2D eigenvalue weighted by Crippen LogP contribution is -2.27. The lowest BCUT2D eigenvalue weighted by molar-refractivity contribution is -0.144.